The van der Waals surface area contributed by atoms with E-state index in [2.05, 4.69) is 75.4 Å². The van der Waals surface area contributed by atoms with Gasteiger partial charge in [-0.2, -0.15) is 60.0 Å². The molecule has 16 aliphatic rings. The normalized spacial score (nSPS) is 43.8. The number of hydrogen-bond donors (Lipinski definition) is 4. The van der Waals surface area contributed by atoms with Crippen molar-refractivity contribution in [3.8, 4) is 0 Å². The molecule has 0 aliphatic heterocycles. The molecule has 0 bridgehead atoms. The van der Waals surface area contributed by atoms with E-state index in [1.807, 2.05) is 62.3 Å². The van der Waals surface area contributed by atoms with Crippen LogP contribution in [0.2, 0.25) is 0 Å². The van der Waals surface area contributed by atoms with Crippen molar-refractivity contribution in [1.29, 1.82) is 0 Å². The largest absolute Gasteiger partial charge is 0.390 e. The van der Waals surface area contributed by atoms with Gasteiger partial charge in [-0.25, -0.2) is 13.2 Å². The van der Waals surface area contributed by atoms with Crippen LogP contribution in [0, 0.1) is 164 Å². The van der Waals surface area contributed by atoms with Crippen molar-refractivity contribution >= 4 is 23.1 Å². The fourth-order valence-corrected chi connectivity index (χ4v) is 33.0. The van der Waals surface area contributed by atoms with Crippen molar-refractivity contribution in [1.82, 2.24) is 60.0 Å². The average molecular weight is 1730 g/mol. The maximum atomic E-state index is 13.4. The fraction of sp³-hybridized carbons (Fsp3) is 0.881. The number of fused-ring (bicyclic) bond motifs is 20. The number of alkyl halides is 3. The first kappa shape index (κ1) is 96.4. The quantitative estimate of drug-likeness (QED) is 0.0861. The molecule has 16 fully saturated rings. The lowest BCUT2D eigenvalue weighted by Crippen LogP contribution is -2.53. The third-order valence-corrected chi connectivity index (χ3v) is 38.4. The van der Waals surface area contributed by atoms with Gasteiger partial charge in [0.15, 0.2) is 23.1 Å². The number of ketones is 4. The molecule has 124 heavy (non-hydrogen) atoms. The molecule has 0 saturated heterocycles. The first-order chi connectivity index (χ1) is 59.6. The van der Waals surface area contributed by atoms with Crippen molar-refractivity contribution in [2.75, 3.05) is 6.67 Å². The van der Waals surface area contributed by atoms with Crippen LogP contribution in [0.5, 0.6) is 0 Å². The molecule has 4 N–H and O–H groups in total. The number of hydrogen-bond acceptors (Lipinski definition) is 16. The summed E-state index contributed by atoms with van der Waals surface area (Å²) in [5, 5.41) is 75.3. The standard InChI is InChI=1S/C24H37N3O2.C23H33F2N3O2.C23H34FN3O2.C23H35N3O2.4C2H6/c1-3-24(29)11-9-17-16(14-24)4-5-19-18(17)8-10-23(2)20(19)6-7-21(23)22(28)15-27-25-12-13-26-27;1-22-8-6-16-15-7-9-23(30,21(24)25)12-14(15)2-3-17(16)18(22)4-5-19(22)20(29)13-28-26-10-11-27-28;1-22-8-6-17-16-7-9-23(29,14-24)12-15(16)2-3-18(17)19(22)4-5-20(22)21(28)13-27-25-10-11-26-27;1-22(28)9-7-16-15(13-22)3-4-18-17(16)8-10-23(2)19(18)5-6-20(23)21(27)14-26-24-11-12-25-26;4*1-2/h12-13,16-21,29H,3-11,14-15H2,1-2H3;10-11,14-19,21,30H,2-9,12-13H2,1H3;10-11,15-20,29H,2-9,12-14H2,1H3;11-12,15-20,28H,3-10,13-14H2,1-2H3;4*1-2H3/t16-,17-,18?,19?,20?,21+,23-,24+;14-,15-,16?,17?,18?,19+,22-,23+;15-,16-,17?,18?,19?,20+,22-,23+;15-,16-,17?,18?,19?,20+,22+,23-;;;;/m0000..../s1. The minimum atomic E-state index is -2.64. The predicted molar refractivity (Wildman–Crippen MR) is 476 cm³/mol. The summed E-state index contributed by atoms with van der Waals surface area (Å²) in [4.78, 5) is 58.5. The molecule has 0 amide bonds. The Kier molecular flexibility index (Phi) is 31.3. The van der Waals surface area contributed by atoms with Crippen LogP contribution < -0.4 is 0 Å². The summed E-state index contributed by atoms with van der Waals surface area (Å²) in [6, 6.07) is 0. The lowest BCUT2D eigenvalue weighted by atomic mass is 9.48. The summed E-state index contributed by atoms with van der Waals surface area (Å²) in [7, 11) is 0. The molecule has 4 aromatic heterocycles. The molecule has 0 spiro atoms. The maximum absolute atomic E-state index is 13.4. The molecule has 16 saturated carbocycles. The van der Waals surface area contributed by atoms with Crippen LogP contribution in [0.4, 0.5) is 13.2 Å². The molecule has 696 valence electrons. The van der Waals surface area contributed by atoms with Crippen molar-refractivity contribution in [3.63, 3.8) is 0 Å². The number of halogens is 3. The molecule has 0 radical (unpaired) electrons. The lowest BCUT2D eigenvalue weighted by molar-refractivity contribution is -0.160. The van der Waals surface area contributed by atoms with E-state index in [0.717, 1.165) is 169 Å². The smallest absolute Gasteiger partial charge is 0.266 e. The zero-order chi connectivity index (χ0) is 89.1. The monoisotopic (exact) mass is 1730 g/mol. The Morgan fingerprint density at radius 3 is 0.847 bits per heavy atom. The highest BCUT2D eigenvalue weighted by atomic mass is 19.3. The highest BCUT2D eigenvalue weighted by molar-refractivity contribution is 5.83. The predicted octanol–water partition coefficient (Wildman–Crippen LogP) is 20.2. The fourth-order valence-electron chi connectivity index (χ4n) is 33.0. The minimum absolute atomic E-state index is 0.0383. The summed E-state index contributed by atoms with van der Waals surface area (Å²) < 4.78 is 40.1. The van der Waals surface area contributed by atoms with Crippen LogP contribution in [0.25, 0.3) is 0 Å². The Morgan fingerprint density at radius 2 is 0.565 bits per heavy atom. The van der Waals surface area contributed by atoms with Gasteiger partial charge in [0.2, 0.25) is 0 Å². The Bertz CT molecular complexity index is 3920. The van der Waals surface area contributed by atoms with Gasteiger partial charge in [0.25, 0.3) is 6.43 Å². The molecule has 0 aromatic carbocycles. The molecule has 16 aliphatic carbocycles. The summed E-state index contributed by atoms with van der Waals surface area (Å²) in [5.74, 6) is 15.1. The van der Waals surface area contributed by atoms with Gasteiger partial charge in [0.05, 0.1) is 66.4 Å². The summed E-state index contributed by atoms with van der Waals surface area (Å²) >= 11 is 0. The first-order valence-corrected chi connectivity index (χ1v) is 50.8. The Balaban J connectivity index is 0.000000138. The molecule has 12 unspecified atom stereocenters. The molecule has 32 atom stereocenters. The Morgan fingerprint density at radius 1 is 0.315 bits per heavy atom. The molecule has 4 aromatic rings. The van der Waals surface area contributed by atoms with Gasteiger partial charge in [-0.3, -0.25) is 19.2 Å². The van der Waals surface area contributed by atoms with Gasteiger partial charge in [-0.1, -0.05) is 90.0 Å². The molecular weight excluding hydrogens is 1570 g/mol. The van der Waals surface area contributed by atoms with Crippen molar-refractivity contribution in [2.24, 2.45) is 164 Å². The Hall–Kier alpha value is -5.13. The number of rotatable bonds is 15. The van der Waals surface area contributed by atoms with E-state index in [9.17, 15) is 52.8 Å². The first-order valence-electron chi connectivity index (χ1n) is 50.8. The zero-order valence-corrected chi connectivity index (χ0v) is 78.7. The van der Waals surface area contributed by atoms with Crippen LogP contribution in [0.1, 0.15) is 335 Å². The van der Waals surface area contributed by atoms with E-state index in [0.29, 0.717) is 115 Å². The topological polar surface area (TPSA) is 272 Å². The van der Waals surface area contributed by atoms with Gasteiger partial charge in [-0.05, 0) is 385 Å². The summed E-state index contributed by atoms with van der Waals surface area (Å²) in [5.41, 5.74) is -3.21. The van der Waals surface area contributed by atoms with Crippen LogP contribution in [-0.2, 0) is 45.4 Å². The lowest BCUT2D eigenvalue weighted by Gasteiger charge is -2.57. The van der Waals surface area contributed by atoms with E-state index in [-0.39, 0.29) is 76.4 Å². The molecule has 20 rings (SSSR count). The number of aromatic nitrogens is 12. The minimum Gasteiger partial charge on any atom is -0.390 e. The molecular formula is C101H163F3N12O8. The second-order valence-corrected chi connectivity index (χ2v) is 43.4. The molecule has 4 heterocycles. The third kappa shape index (κ3) is 19.1. The van der Waals surface area contributed by atoms with Crippen LogP contribution >= 0.6 is 0 Å². The highest BCUT2D eigenvalue weighted by Gasteiger charge is 2.65. The number of nitrogens with zero attached hydrogens (tertiary/aromatic N) is 12. The van der Waals surface area contributed by atoms with Gasteiger partial charge < -0.3 is 20.4 Å². The second kappa shape index (κ2) is 40.3. The van der Waals surface area contributed by atoms with E-state index >= 15 is 0 Å². The van der Waals surface area contributed by atoms with E-state index in [4.69, 9.17) is 0 Å². The van der Waals surface area contributed by atoms with Crippen molar-refractivity contribution in [2.45, 2.75) is 390 Å². The number of carbonyl (C=O) groups is 4. The number of aliphatic hydroxyl groups is 4. The summed E-state index contributed by atoms with van der Waals surface area (Å²) in [6.07, 6.45) is 48.9. The average Bonchev–Trinajstić information content (AvgIpc) is 1.39. The van der Waals surface area contributed by atoms with Gasteiger partial charge in [0, 0.05) is 23.7 Å². The zero-order valence-electron chi connectivity index (χ0n) is 78.7. The van der Waals surface area contributed by atoms with Crippen molar-refractivity contribution < 1.29 is 52.8 Å². The van der Waals surface area contributed by atoms with Crippen LogP contribution in [0.3, 0.4) is 0 Å². The van der Waals surface area contributed by atoms with Crippen molar-refractivity contribution in [3.05, 3.63) is 49.6 Å². The number of Topliss-reactive ketones (excluding diaryl/α,β-unsaturated/α-hetero) is 4. The van der Waals surface area contributed by atoms with Gasteiger partial charge >= 0.3 is 0 Å². The second-order valence-electron chi connectivity index (χ2n) is 43.4. The number of carbonyl (C=O) groups excluding carboxylic acids is 4. The van der Waals surface area contributed by atoms with Crippen LogP contribution in [-0.4, -0.2) is 139 Å². The van der Waals surface area contributed by atoms with Gasteiger partial charge in [0.1, 0.15) is 38.5 Å². The van der Waals surface area contributed by atoms with E-state index in [1.165, 1.54) is 99.5 Å². The Labute approximate surface area is 741 Å². The van der Waals surface area contributed by atoms with Gasteiger partial charge in [-0.15, -0.1) is 0 Å². The van der Waals surface area contributed by atoms with E-state index < -0.39 is 35.5 Å². The maximum Gasteiger partial charge on any atom is 0.266 e. The highest BCUT2D eigenvalue weighted by Crippen LogP contribution is 2.70. The van der Waals surface area contributed by atoms with Crippen LogP contribution in [0.15, 0.2) is 49.6 Å². The summed E-state index contributed by atoms with van der Waals surface area (Å²) in [6.45, 7) is 30.3. The molecule has 20 nitrogen and oxygen atoms in total. The van der Waals surface area contributed by atoms with E-state index in [1.54, 1.807) is 59.2 Å². The third-order valence-electron chi connectivity index (χ3n) is 38.4. The molecule has 23 heteroatoms. The SMILES string of the molecule is CC.CC.CC.CC.CC[C@@]1(O)CC[C@@H]2C3CC[C@@]4(C)C(CC[C@@H]4C(=O)Cn4nccn4)C3CC[C@H]2C1.C[C@@]1(O)CC[C@@H]2C3CC[C@@]4(C)C(CC[C@@H]4C(=O)Cn4nccn4)C3CC[C@H]2C1.C[C@]12CCC3C(CC[C@H]4C[C@@](O)(C(F)F)CC[C@H]34)C1CC[C@@H]2C(=O)Cn1nccn1.C[C@]12CCC3C(CC[C@H]4C[C@@](O)(CF)CC[C@H]34)C1CC[C@@H]2C(=O)Cn1nccn1.